The number of rotatable bonds is 2. The first-order valence-electron chi connectivity index (χ1n) is 7.10. The minimum absolute atomic E-state index is 0.172. The number of fused-ring (bicyclic) bond motifs is 3. The van der Waals surface area contributed by atoms with Crippen molar-refractivity contribution >= 4 is 5.69 Å². The van der Waals surface area contributed by atoms with E-state index < -0.39 is 0 Å². The van der Waals surface area contributed by atoms with Crippen LogP contribution in [0.15, 0.2) is 24.3 Å². The summed E-state index contributed by atoms with van der Waals surface area (Å²) in [5.41, 5.74) is 9.82. The van der Waals surface area contributed by atoms with Crippen LogP contribution in [0.5, 0.6) is 0 Å². The van der Waals surface area contributed by atoms with Crippen LogP contribution in [0.4, 0.5) is 5.69 Å². The fourth-order valence-electron chi connectivity index (χ4n) is 3.76. The Kier molecular flexibility index (Phi) is 2.67. The molecule has 4 rings (SSSR count). The summed E-state index contributed by atoms with van der Waals surface area (Å²) in [6.07, 6.45) is 7.48. The van der Waals surface area contributed by atoms with E-state index in [-0.39, 0.29) is 5.54 Å². The monoisotopic (exact) mass is 244 g/mol. The van der Waals surface area contributed by atoms with Crippen LogP contribution in [0.25, 0.3) is 0 Å². The second kappa shape index (κ2) is 3.99. The first-order chi connectivity index (χ1) is 8.53. The molecule has 0 saturated heterocycles. The average Bonchev–Trinajstić information content (AvgIpc) is 2.40. The maximum absolute atomic E-state index is 6.39. The van der Waals surface area contributed by atoms with Crippen molar-refractivity contribution in [2.45, 2.75) is 49.5 Å². The van der Waals surface area contributed by atoms with E-state index in [9.17, 15) is 0 Å². The summed E-state index contributed by atoms with van der Waals surface area (Å²) in [6.45, 7) is 0. The largest absolute Gasteiger partial charge is 0.378 e. The van der Waals surface area contributed by atoms with E-state index in [4.69, 9.17) is 5.73 Å². The van der Waals surface area contributed by atoms with Crippen LogP contribution in [0, 0.1) is 0 Å². The van der Waals surface area contributed by atoms with E-state index >= 15 is 0 Å². The van der Waals surface area contributed by atoms with E-state index in [2.05, 4.69) is 43.3 Å². The van der Waals surface area contributed by atoms with Crippen molar-refractivity contribution in [2.24, 2.45) is 5.73 Å². The number of hydrogen-bond acceptors (Lipinski definition) is 2. The zero-order valence-corrected chi connectivity index (χ0v) is 11.6. The van der Waals surface area contributed by atoms with Gasteiger partial charge in [-0.3, -0.25) is 0 Å². The molecule has 2 N–H and O–H groups in total. The van der Waals surface area contributed by atoms with Crippen LogP contribution in [-0.4, -0.2) is 19.6 Å². The summed E-state index contributed by atoms with van der Waals surface area (Å²) in [7, 11) is 4.19. The molecular weight excluding hydrogens is 220 g/mol. The van der Waals surface area contributed by atoms with Crippen molar-refractivity contribution in [1.82, 2.24) is 0 Å². The first kappa shape index (κ1) is 12.0. The molecule has 18 heavy (non-hydrogen) atoms. The molecule has 2 bridgehead atoms. The molecule has 3 aliphatic carbocycles. The highest BCUT2D eigenvalue weighted by atomic mass is 15.1. The molecule has 0 aliphatic heterocycles. The van der Waals surface area contributed by atoms with E-state index in [0.29, 0.717) is 5.41 Å². The predicted octanol–water partition coefficient (Wildman–Crippen LogP) is 3.06. The molecule has 2 nitrogen and oxygen atoms in total. The lowest BCUT2D eigenvalue weighted by Gasteiger charge is -2.52. The van der Waals surface area contributed by atoms with E-state index in [1.54, 1.807) is 0 Å². The molecule has 0 unspecified atom stereocenters. The SMILES string of the molecule is CN(C)c1ccc(C23CCC(N)(CC2)CC3)cc1. The molecule has 0 radical (unpaired) electrons. The Balaban J connectivity index is 1.86. The normalized spacial score (nSPS) is 34.6. The van der Waals surface area contributed by atoms with Gasteiger partial charge in [-0.25, -0.2) is 0 Å². The Morgan fingerprint density at radius 1 is 0.889 bits per heavy atom. The summed E-state index contributed by atoms with van der Waals surface area (Å²) in [6, 6.07) is 9.18. The highest BCUT2D eigenvalue weighted by Gasteiger charge is 2.47. The highest BCUT2D eigenvalue weighted by Crippen LogP contribution is 2.52. The number of hydrogen-bond donors (Lipinski definition) is 1. The van der Waals surface area contributed by atoms with Crippen molar-refractivity contribution in [3.8, 4) is 0 Å². The maximum atomic E-state index is 6.39. The Labute approximate surface area is 110 Å². The van der Waals surface area contributed by atoms with Gasteiger partial charge in [-0.1, -0.05) is 12.1 Å². The van der Waals surface area contributed by atoms with Gasteiger partial charge < -0.3 is 10.6 Å². The second-order valence-electron chi connectivity index (χ2n) is 6.58. The predicted molar refractivity (Wildman–Crippen MR) is 77.1 cm³/mol. The molecule has 98 valence electrons. The van der Waals surface area contributed by atoms with Crippen LogP contribution in [0.2, 0.25) is 0 Å². The summed E-state index contributed by atoms with van der Waals surface area (Å²) in [5.74, 6) is 0. The van der Waals surface area contributed by atoms with Crippen LogP contribution in [0.1, 0.15) is 44.1 Å². The molecule has 0 heterocycles. The zero-order valence-electron chi connectivity index (χ0n) is 11.6. The zero-order chi connectivity index (χ0) is 12.8. The molecule has 3 saturated carbocycles. The number of nitrogens with zero attached hydrogens (tertiary/aromatic N) is 1. The summed E-state index contributed by atoms with van der Waals surface area (Å²) in [5, 5.41) is 0. The van der Waals surface area contributed by atoms with Crippen LogP contribution < -0.4 is 10.6 Å². The fraction of sp³-hybridized carbons (Fsp3) is 0.625. The van der Waals surface area contributed by atoms with Gasteiger partial charge in [0.25, 0.3) is 0 Å². The molecule has 0 aromatic heterocycles. The lowest BCUT2D eigenvalue weighted by Crippen LogP contribution is -2.53. The van der Waals surface area contributed by atoms with E-state index in [1.165, 1.54) is 49.8 Å². The first-order valence-corrected chi connectivity index (χ1v) is 7.10. The van der Waals surface area contributed by atoms with Crippen molar-refractivity contribution < 1.29 is 0 Å². The van der Waals surface area contributed by atoms with Gasteiger partial charge in [0.2, 0.25) is 0 Å². The van der Waals surface area contributed by atoms with Crippen molar-refractivity contribution in [1.29, 1.82) is 0 Å². The highest BCUT2D eigenvalue weighted by molar-refractivity contribution is 5.47. The topological polar surface area (TPSA) is 29.3 Å². The Morgan fingerprint density at radius 3 is 1.83 bits per heavy atom. The van der Waals surface area contributed by atoms with E-state index in [1.807, 2.05) is 0 Å². The van der Waals surface area contributed by atoms with Gasteiger partial charge in [0.1, 0.15) is 0 Å². The molecule has 0 atom stereocenters. The van der Waals surface area contributed by atoms with Crippen molar-refractivity contribution in [2.75, 3.05) is 19.0 Å². The van der Waals surface area contributed by atoms with Crippen LogP contribution in [0.3, 0.4) is 0 Å². The Hall–Kier alpha value is -1.02. The number of anilines is 1. The van der Waals surface area contributed by atoms with Crippen molar-refractivity contribution in [3.05, 3.63) is 29.8 Å². The minimum atomic E-state index is 0.172. The van der Waals surface area contributed by atoms with Gasteiger partial charge in [-0.05, 0) is 61.6 Å². The third-order valence-corrected chi connectivity index (χ3v) is 5.30. The third kappa shape index (κ3) is 1.83. The van der Waals surface area contributed by atoms with Gasteiger partial charge in [0.15, 0.2) is 0 Å². The molecule has 3 aliphatic rings. The summed E-state index contributed by atoms with van der Waals surface area (Å²) < 4.78 is 0. The van der Waals surface area contributed by atoms with Gasteiger partial charge in [0.05, 0.1) is 0 Å². The van der Waals surface area contributed by atoms with E-state index in [0.717, 1.165) is 0 Å². The molecular formula is C16H24N2. The fourth-order valence-corrected chi connectivity index (χ4v) is 3.76. The molecule has 1 aromatic carbocycles. The number of benzene rings is 1. The maximum Gasteiger partial charge on any atom is 0.0361 e. The van der Waals surface area contributed by atoms with Gasteiger partial charge in [-0.15, -0.1) is 0 Å². The van der Waals surface area contributed by atoms with Gasteiger partial charge >= 0.3 is 0 Å². The summed E-state index contributed by atoms with van der Waals surface area (Å²) in [4.78, 5) is 2.16. The summed E-state index contributed by atoms with van der Waals surface area (Å²) >= 11 is 0. The van der Waals surface area contributed by atoms with Crippen LogP contribution >= 0.6 is 0 Å². The Morgan fingerprint density at radius 2 is 1.39 bits per heavy atom. The number of nitrogens with two attached hydrogens (primary N) is 1. The molecule has 3 fully saturated rings. The van der Waals surface area contributed by atoms with Crippen molar-refractivity contribution in [3.63, 3.8) is 0 Å². The van der Waals surface area contributed by atoms with Gasteiger partial charge in [-0.2, -0.15) is 0 Å². The molecule has 0 amide bonds. The minimum Gasteiger partial charge on any atom is -0.378 e. The van der Waals surface area contributed by atoms with Gasteiger partial charge in [0, 0.05) is 25.3 Å². The lowest BCUT2D eigenvalue weighted by molar-refractivity contribution is 0.107. The average molecular weight is 244 g/mol. The third-order valence-electron chi connectivity index (χ3n) is 5.30. The smallest absolute Gasteiger partial charge is 0.0361 e. The quantitative estimate of drug-likeness (QED) is 0.866. The standard InChI is InChI=1S/C16H24N2/c1-18(2)14-5-3-13(4-6-14)15-7-10-16(17,11-8-15)12-9-15/h3-6H,7-12,17H2,1-2H3. The molecule has 2 heteroatoms. The molecule has 0 spiro atoms. The lowest BCUT2D eigenvalue weighted by atomic mass is 9.55. The van der Waals surface area contributed by atoms with Crippen LogP contribution in [-0.2, 0) is 5.41 Å². The Bertz CT molecular complexity index is 408. The molecule has 1 aromatic rings. The second-order valence-corrected chi connectivity index (χ2v) is 6.58.